The third-order valence-electron chi connectivity index (χ3n) is 2.56. The van der Waals surface area contributed by atoms with Crippen molar-refractivity contribution >= 4 is 19.7 Å². The van der Waals surface area contributed by atoms with Crippen molar-refractivity contribution in [1.29, 1.82) is 0 Å². The predicted molar refractivity (Wildman–Crippen MR) is 50.8 cm³/mol. The van der Waals surface area contributed by atoms with Gasteiger partial charge in [0.25, 0.3) is 0 Å². The van der Waals surface area contributed by atoms with E-state index in [4.69, 9.17) is 10.7 Å². The van der Waals surface area contributed by atoms with Gasteiger partial charge in [0.05, 0.1) is 5.25 Å². The first-order valence-corrected chi connectivity index (χ1v) is 6.62. The summed E-state index contributed by atoms with van der Waals surface area (Å²) in [7, 11) is 1.99. The minimum atomic E-state index is -3.32. The topological polar surface area (TPSA) is 34.1 Å². The second-order valence-electron chi connectivity index (χ2n) is 4.36. The summed E-state index contributed by atoms with van der Waals surface area (Å²) in [6.45, 7) is 4.20. The fraction of sp³-hybridized carbons (Fsp3) is 1.00. The highest BCUT2D eigenvalue weighted by molar-refractivity contribution is 8.14. The summed E-state index contributed by atoms with van der Waals surface area (Å²) >= 11 is 0. The molecule has 0 bridgehead atoms. The van der Waals surface area contributed by atoms with Gasteiger partial charge in [-0.1, -0.05) is 20.3 Å². The first-order chi connectivity index (χ1) is 5.31. The normalized spacial score (nSPS) is 30.1. The third-order valence-corrected chi connectivity index (χ3v) is 4.51. The van der Waals surface area contributed by atoms with Crippen LogP contribution in [0.4, 0.5) is 0 Å². The summed E-state index contributed by atoms with van der Waals surface area (Å²) in [5, 5.41) is -0.317. The molecule has 0 aliphatic heterocycles. The lowest BCUT2D eigenvalue weighted by atomic mass is 9.77. The van der Waals surface area contributed by atoms with Crippen LogP contribution in [0.3, 0.4) is 0 Å². The van der Waals surface area contributed by atoms with E-state index in [9.17, 15) is 8.42 Å². The molecule has 0 spiro atoms. The lowest BCUT2D eigenvalue weighted by molar-refractivity contribution is 0.247. The van der Waals surface area contributed by atoms with Crippen LogP contribution in [0.2, 0.25) is 0 Å². The van der Waals surface area contributed by atoms with Crippen LogP contribution >= 0.6 is 10.7 Å². The Kier molecular flexibility index (Phi) is 2.74. The van der Waals surface area contributed by atoms with Gasteiger partial charge in [0.2, 0.25) is 9.05 Å². The predicted octanol–water partition coefficient (Wildman–Crippen LogP) is 2.52. The van der Waals surface area contributed by atoms with Crippen LogP contribution in [0, 0.1) is 5.41 Å². The molecule has 0 saturated heterocycles. The lowest BCUT2D eigenvalue weighted by Gasteiger charge is -2.33. The van der Waals surface area contributed by atoms with E-state index >= 15 is 0 Å². The van der Waals surface area contributed by atoms with Gasteiger partial charge in [-0.3, -0.25) is 0 Å². The van der Waals surface area contributed by atoms with Gasteiger partial charge in [-0.2, -0.15) is 0 Å². The lowest BCUT2D eigenvalue weighted by Crippen LogP contribution is -2.29. The zero-order chi connectivity index (χ0) is 9.41. The Hall–Kier alpha value is 0.240. The van der Waals surface area contributed by atoms with Crippen LogP contribution in [0.1, 0.15) is 39.5 Å². The Morgan fingerprint density at radius 3 is 2.33 bits per heavy atom. The van der Waals surface area contributed by atoms with Gasteiger partial charge in [-0.25, -0.2) is 8.42 Å². The molecule has 12 heavy (non-hydrogen) atoms. The van der Waals surface area contributed by atoms with Gasteiger partial charge < -0.3 is 0 Å². The van der Waals surface area contributed by atoms with Crippen LogP contribution in [0.25, 0.3) is 0 Å². The van der Waals surface area contributed by atoms with E-state index in [0.717, 1.165) is 19.3 Å². The highest BCUT2D eigenvalue weighted by Gasteiger charge is 2.34. The number of rotatable bonds is 1. The second kappa shape index (κ2) is 3.18. The first-order valence-electron chi connectivity index (χ1n) is 4.25. The molecule has 0 radical (unpaired) electrons. The number of hydrogen-bond acceptors (Lipinski definition) is 2. The number of hydrogen-bond donors (Lipinski definition) is 0. The Bertz CT molecular complexity index is 256. The SMILES string of the molecule is CC1(C)CCCC(S(=O)(=O)Cl)C1. The summed E-state index contributed by atoms with van der Waals surface area (Å²) in [6, 6.07) is 0. The molecule has 1 fully saturated rings. The van der Waals surface area contributed by atoms with Crippen molar-refractivity contribution in [2.45, 2.75) is 44.8 Å². The monoisotopic (exact) mass is 210 g/mol. The Morgan fingerprint density at radius 1 is 1.42 bits per heavy atom. The van der Waals surface area contributed by atoms with Gasteiger partial charge in [0, 0.05) is 10.7 Å². The maximum Gasteiger partial charge on any atom is 0.235 e. The molecule has 2 nitrogen and oxygen atoms in total. The highest BCUT2D eigenvalue weighted by Crippen LogP contribution is 2.38. The number of halogens is 1. The molecule has 1 rings (SSSR count). The molecular formula is C8H15ClO2S. The molecular weight excluding hydrogens is 196 g/mol. The first kappa shape index (κ1) is 10.3. The van der Waals surface area contributed by atoms with Crippen molar-refractivity contribution < 1.29 is 8.42 Å². The molecule has 1 aliphatic carbocycles. The molecule has 1 atom stereocenters. The molecule has 4 heteroatoms. The van der Waals surface area contributed by atoms with Crippen molar-refractivity contribution in [2.24, 2.45) is 5.41 Å². The average molecular weight is 211 g/mol. The molecule has 0 amide bonds. The fourth-order valence-corrected chi connectivity index (χ4v) is 3.42. The molecule has 0 aromatic rings. The summed E-state index contributed by atoms with van der Waals surface area (Å²) in [5.74, 6) is 0. The van der Waals surface area contributed by atoms with E-state index in [0.29, 0.717) is 6.42 Å². The molecule has 72 valence electrons. The van der Waals surface area contributed by atoms with Crippen LogP contribution in [-0.4, -0.2) is 13.7 Å². The van der Waals surface area contributed by atoms with E-state index < -0.39 is 9.05 Å². The van der Waals surface area contributed by atoms with Crippen molar-refractivity contribution in [1.82, 2.24) is 0 Å². The second-order valence-corrected chi connectivity index (χ2v) is 7.27. The van der Waals surface area contributed by atoms with Gasteiger partial charge in [0.1, 0.15) is 0 Å². The van der Waals surface area contributed by atoms with E-state index in [2.05, 4.69) is 13.8 Å². The van der Waals surface area contributed by atoms with Gasteiger partial charge in [-0.05, 0) is 24.7 Å². The summed E-state index contributed by atoms with van der Waals surface area (Å²) in [5.41, 5.74) is 0.144. The Morgan fingerprint density at radius 2 is 2.00 bits per heavy atom. The maximum atomic E-state index is 11.0. The van der Waals surface area contributed by atoms with Gasteiger partial charge in [0.15, 0.2) is 0 Å². The fourth-order valence-electron chi connectivity index (χ4n) is 1.87. The van der Waals surface area contributed by atoms with E-state index in [1.807, 2.05) is 0 Å². The minimum absolute atomic E-state index is 0.144. The van der Waals surface area contributed by atoms with Crippen LogP contribution < -0.4 is 0 Å². The van der Waals surface area contributed by atoms with Crippen molar-refractivity contribution in [3.63, 3.8) is 0 Å². The van der Waals surface area contributed by atoms with Gasteiger partial charge in [-0.15, -0.1) is 0 Å². The Labute approximate surface area is 78.7 Å². The third kappa shape index (κ3) is 2.63. The van der Waals surface area contributed by atoms with E-state index in [1.54, 1.807) is 0 Å². The van der Waals surface area contributed by atoms with Crippen LogP contribution in [0.5, 0.6) is 0 Å². The van der Waals surface area contributed by atoms with Crippen molar-refractivity contribution in [2.75, 3.05) is 0 Å². The quantitative estimate of drug-likeness (QED) is 0.624. The largest absolute Gasteiger partial charge is 0.235 e. The standard InChI is InChI=1S/C8H15ClO2S/c1-8(2)5-3-4-7(6-8)12(9,10)11/h7H,3-6H2,1-2H3. The molecule has 0 aromatic heterocycles. The smallest absolute Gasteiger partial charge is 0.212 e. The summed E-state index contributed by atoms with van der Waals surface area (Å²) in [6.07, 6.45) is 3.52. The zero-order valence-corrected chi connectivity index (χ0v) is 9.08. The van der Waals surface area contributed by atoms with E-state index in [1.165, 1.54) is 0 Å². The van der Waals surface area contributed by atoms with Crippen LogP contribution in [0.15, 0.2) is 0 Å². The molecule has 1 saturated carbocycles. The maximum absolute atomic E-state index is 11.0. The van der Waals surface area contributed by atoms with Crippen molar-refractivity contribution in [3.05, 3.63) is 0 Å². The van der Waals surface area contributed by atoms with Crippen molar-refractivity contribution in [3.8, 4) is 0 Å². The van der Waals surface area contributed by atoms with E-state index in [-0.39, 0.29) is 10.7 Å². The Balaban J connectivity index is 2.71. The molecule has 0 heterocycles. The van der Waals surface area contributed by atoms with Crippen LogP contribution in [-0.2, 0) is 9.05 Å². The molecule has 0 N–H and O–H groups in total. The average Bonchev–Trinajstić information content (AvgIpc) is 1.83. The summed E-state index contributed by atoms with van der Waals surface area (Å²) in [4.78, 5) is 0. The van der Waals surface area contributed by atoms with Gasteiger partial charge >= 0.3 is 0 Å². The molecule has 1 aliphatic rings. The zero-order valence-electron chi connectivity index (χ0n) is 7.51. The molecule has 1 unspecified atom stereocenters. The summed E-state index contributed by atoms with van der Waals surface area (Å²) < 4.78 is 22.1. The highest BCUT2D eigenvalue weighted by atomic mass is 35.7. The molecule has 0 aromatic carbocycles. The minimum Gasteiger partial charge on any atom is -0.212 e.